The summed E-state index contributed by atoms with van der Waals surface area (Å²) in [5, 5.41) is 6.28. The molecule has 0 aromatic heterocycles. The largest absolute Gasteiger partial charge is 0.378 e. The number of guanidine groups is 1. The molecule has 0 unspecified atom stereocenters. The van der Waals surface area contributed by atoms with Gasteiger partial charge in [0.2, 0.25) is 5.91 Å². The minimum absolute atomic E-state index is 0.0310. The van der Waals surface area contributed by atoms with E-state index in [2.05, 4.69) is 27.4 Å². The fourth-order valence-electron chi connectivity index (χ4n) is 3.04. The number of benzene rings is 1. The van der Waals surface area contributed by atoms with Crippen LogP contribution in [0, 0.1) is 0 Å². The second-order valence-corrected chi connectivity index (χ2v) is 6.39. The number of hydrogen-bond acceptors (Lipinski definition) is 3. The smallest absolute Gasteiger partial charge is 0.222 e. The highest BCUT2D eigenvalue weighted by Crippen LogP contribution is 2.13. The Bertz CT molecular complexity index is 554. The summed E-state index contributed by atoms with van der Waals surface area (Å²) in [5.74, 6) is 0.932. The highest BCUT2D eigenvalue weighted by Gasteiger charge is 2.21. The fourth-order valence-corrected chi connectivity index (χ4v) is 3.04. The summed E-state index contributed by atoms with van der Waals surface area (Å²) in [6, 6.07) is 9.94. The number of aliphatic imine (C=N–C) groups is 1. The summed E-state index contributed by atoms with van der Waals surface area (Å²) in [7, 11) is 0. The molecule has 6 nitrogen and oxygen atoms in total. The second kappa shape index (κ2) is 11.5. The molecular formula is C20H32N4O2. The third-order valence-corrected chi connectivity index (χ3v) is 4.41. The molecule has 0 radical (unpaired) electrons. The molecule has 0 saturated carbocycles. The average Bonchev–Trinajstić information content (AvgIpc) is 2.67. The van der Waals surface area contributed by atoms with Gasteiger partial charge in [0.1, 0.15) is 0 Å². The van der Waals surface area contributed by atoms with Crippen molar-refractivity contribution in [1.29, 1.82) is 0 Å². The predicted molar refractivity (Wildman–Crippen MR) is 105 cm³/mol. The van der Waals surface area contributed by atoms with Crippen molar-refractivity contribution in [3.8, 4) is 0 Å². The molecule has 0 atom stereocenters. The lowest BCUT2D eigenvalue weighted by atomic mass is 10.1. The van der Waals surface area contributed by atoms with Gasteiger partial charge in [0, 0.05) is 39.2 Å². The summed E-state index contributed by atoms with van der Waals surface area (Å²) in [6.45, 7) is 8.65. The standard InChI is InChI=1S/C20H32N4O2/c1-3-21-20(24-14-11-18(12-15-24)26-4-2)22-13-10-19(25)23-16-17-8-6-5-7-9-17/h5-9,18H,3-4,10-16H2,1-2H3,(H,21,22)(H,23,25). The van der Waals surface area contributed by atoms with Crippen LogP contribution in [0.1, 0.15) is 38.7 Å². The minimum atomic E-state index is 0.0310. The maximum atomic E-state index is 12.0. The zero-order chi connectivity index (χ0) is 18.6. The lowest BCUT2D eigenvalue weighted by Gasteiger charge is -2.34. The Balaban J connectivity index is 1.75. The average molecular weight is 361 g/mol. The van der Waals surface area contributed by atoms with E-state index in [1.54, 1.807) is 0 Å². The van der Waals surface area contributed by atoms with E-state index in [0.29, 0.717) is 25.6 Å². The maximum Gasteiger partial charge on any atom is 0.222 e. The van der Waals surface area contributed by atoms with Gasteiger partial charge < -0.3 is 20.3 Å². The molecule has 2 rings (SSSR count). The van der Waals surface area contributed by atoms with Crippen molar-refractivity contribution < 1.29 is 9.53 Å². The van der Waals surface area contributed by atoms with E-state index in [-0.39, 0.29) is 5.91 Å². The van der Waals surface area contributed by atoms with E-state index in [1.165, 1.54) is 0 Å². The van der Waals surface area contributed by atoms with Crippen LogP contribution in [0.5, 0.6) is 0 Å². The van der Waals surface area contributed by atoms with E-state index >= 15 is 0 Å². The molecule has 1 heterocycles. The number of hydrogen-bond donors (Lipinski definition) is 2. The van der Waals surface area contributed by atoms with Crippen molar-refractivity contribution in [2.24, 2.45) is 4.99 Å². The molecule has 0 spiro atoms. The Morgan fingerprint density at radius 3 is 2.58 bits per heavy atom. The Labute approximate surface area is 157 Å². The molecule has 1 saturated heterocycles. The molecule has 1 aliphatic heterocycles. The molecule has 2 N–H and O–H groups in total. The van der Waals surface area contributed by atoms with E-state index in [9.17, 15) is 4.79 Å². The van der Waals surface area contributed by atoms with Gasteiger partial charge in [-0.1, -0.05) is 30.3 Å². The number of carbonyl (C=O) groups excluding carboxylic acids is 1. The Morgan fingerprint density at radius 1 is 1.19 bits per heavy atom. The predicted octanol–water partition coefficient (Wildman–Crippen LogP) is 2.16. The summed E-state index contributed by atoms with van der Waals surface area (Å²) < 4.78 is 5.71. The van der Waals surface area contributed by atoms with Gasteiger partial charge in [-0.25, -0.2) is 0 Å². The zero-order valence-corrected chi connectivity index (χ0v) is 16.0. The van der Waals surface area contributed by atoms with Gasteiger partial charge >= 0.3 is 0 Å². The number of likely N-dealkylation sites (tertiary alicyclic amines) is 1. The summed E-state index contributed by atoms with van der Waals surface area (Å²) >= 11 is 0. The first kappa shape index (κ1) is 20.2. The minimum Gasteiger partial charge on any atom is -0.378 e. The van der Waals surface area contributed by atoms with Gasteiger partial charge in [0.25, 0.3) is 0 Å². The van der Waals surface area contributed by atoms with Crippen molar-refractivity contribution in [2.45, 2.75) is 45.8 Å². The first-order valence-electron chi connectivity index (χ1n) is 9.68. The van der Waals surface area contributed by atoms with Crippen LogP contribution in [0.3, 0.4) is 0 Å². The zero-order valence-electron chi connectivity index (χ0n) is 16.0. The van der Waals surface area contributed by atoms with Crippen molar-refractivity contribution in [1.82, 2.24) is 15.5 Å². The number of amides is 1. The number of rotatable bonds is 8. The summed E-state index contributed by atoms with van der Waals surface area (Å²) in [6.07, 6.45) is 2.81. The summed E-state index contributed by atoms with van der Waals surface area (Å²) in [4.78, 5) is 18.9. The van der Waals surface area contributed by atoms with Crippen LogP contribution in [-0.2, 0) is 16.1 Å². The van der Waals surface area contributed by atoms with E-state index in [0.717, 1.165) is 50.6 Å². The number of nitrogens with one attached hydrogen (secondary N) is 2. The monoisotopic (exact) mass is 360 g/mol. The summed E-state index contributed by atoms with van der Waals surface area (Å²) in [5.41, 5.74) is 1.11. The lowest BCUT2D eigenvalue weighted by molar-refractivity contribution is -0.121. The van der Waals surface area contributed by atoms with Crippen LogP contribution in [0.4, 0.5) is 0 Å². The van der Waals surface area contributed by atoms with E-state index in [4.69, 9.17) is 4.74 Å². The maximum absolute atomic E-state index is 12.0. The Kier molecular flexibility index (Phi) is 8.96. The number of piperidine rings is 1. The van der Waals surface area contributed by atoms with Gasteiger partial charge in [0.15, 0.2) is 5.96 Å². The first-order chi connectivity index (χ1) is 12.7. The molecule has 1 fully saturated rings. The van der Waals surface area contributed by atoms with Crippen LogP contribution in [-0.4, -0.2) is 55.7 Å². The SMILES string of the molecule is CCNC(=NCCC(=O)NCc1ccccc1)N1CCC(OCC)CC1. The molecule has 26 heavy (non-hydrogen) atoms. The topological polar surface area (TPSA) is 66.0 Å². The van der Waals surface area contributed by atoms with Crippen LogP contribution in [0.2, 0.25) is 0 Å². The van der Waals surface area contributed by atoms with Crippen molar-refractivity contribution in [2.75, 3.05) is 32.8 Å². The van der Waals surface area contributed by atoms with Crippen molar-refractivity contribution in [3.63, 3.8) is 0 Å². The quantitative estimate of drug-likeness (QED) is 0.551. The molecule has 1 aromatic carbocycles. The van der Waals surface area contributed by atoms with Gasteiger partial charge in [0.05, 0.1) is 12.6 Å². The van der Waals surface area contributed by atoms with Crippen molar-refractivity contribution >= 4 is 11.9 Å². The second-order valence-electron chi connectivity index (χ2n) is 6.39. The third-order valence-electron chi connectivity index (χ3n) is 4.41. The molecule has 1 amide bonds. The van der Waals surface area contributed by atoms with Gasteiger partial charge in [-0.3, -0.25) is 9.79 Å². The third kappa shape index (κ3) is 7.04. The van der Waals surface area contributed by atoms with Crippen LogP contribution >= 0.6 is 0 Å². The van der Waals surface area contributed by atoms with Crippen molar-refractivity contribution in [3.05, 3.63) is 35.9 Å². The van der Waals surface area contributed by atoms with Gasteiger partial charge in [-0.05, 0) is 32.3 Å². The fraction of sp³-hybridized carbons (Fsp3) is 0.600. The molecule has 0 aliphatic carbocycles. The molecule has 6 heteroatoms. The Morgan fingerprint density at radius 2 is 1.92 bits per heavy atom. The lowest BCUT2D eigenvalue weighted by Crippen LogP contribution is -2.47. The number of carbonyl (C=O) groups is 1. The Hall–Kier alpha value is -2.08. The van der Waals surface area contributed by atoms with Crippen LogP contribution < -0.4 is 10.6 Å². The normalized spacial score (nSPS) is 15.8. The van der Waals surface area contributed by atoms with Crippen LogP contribution in [0.15, 0.2) is 35.3 Å². The molecule has 1 aliphatic rings. The highest BCUT2D eigenvalue weighted by atomic mass is 16.5. The van der Waals surface area contributed by atoms with Crippen LogP contribution in [0.25, 0.3) is 0 Å². The van der Waals surface area contributed by atoms with Gasteiger partial charge in [-0.15, -0.1) is 0 Å². The highest BCUT2D eigenvalue weighted by molar-refractivity contribution is 5.81. The molecule has 0 bridgehead atoms. The molecular weight excluding hydrogens is 328 g/mol. The van der Waals surface area contributed by atoms with E-state index in [1.807, 2.05) is 37.3 Å². The number of ether oxygens (including phenoxy) is 1. The first-order valence-corrected chi connectivity index (χ1v) is 9.68. The number of nitrogens with zero attached hydrogens (tertiary/aromatic N) is 2. The van der Waals surface area contributed by atoms with E-state index < -0.39 is 0 Å². The molecule has 144 valence electrons. The molecule has 1 aromatic rings. The van der Waals surface area contributed by atoms with Gasteiger partial charge in [-0.2, -0.15) is 0 Å².